The molecule has 1 aliphatic rings. The van der Waals surface area contributed by atoms with E-state index in [9.17, 15) is 4.79 Å². The lowest BCUT2D eigenvalue weighted by Crippen LogP contribution is -2.25. The van der Waals surface area contributed by atoms with E-state index in [1.54, 1.807) is 0 Å². The molecule has 0 radical (unpaired) electrons. The van der Waals surface area contributed by atoms with E-state index in [0.717, 1.165) is 23.4 Å². The number of rotatable bonds is 2. The van der Waals surface area contributed by atoms with Crippen LogP contribution in [0.1, 0.15) is 5.56 Å². The molecule has 0 spiro atoms. The van der Waals surface area contributed by atoms with Gasteiger partial charge < -0.3 is 10.1 Å². The maximum Gasteiger partial charge on any atom is 0.262 e. The van der Waals surface area contributed by atoms with Crippen molar-refractivity contribution >= 4 is 23.2 Å². The number of hydrogen-bond donors (Lipinski definition) is 1. The summed E-state index contributed by atoms with van der Waals surface area (Å²) in [5.41, 5.74) is 1.84. The van der Waals surface area contributed by atoms with Crippen molar-refractivity contribution in [2.75, 3.05) is 17.8 Å². The van der Waals surface area contributed by atoms with Gasteiger partial charge in [-0.1, -0.05) is 6.07 Å². The summed E-state index contributed by atoms with van der Waals surface area (Å²) < 4.78 is 5.22. The molecular weight excluding hydrogens is 202 g/mol. The highest BCUT2D eigenvalue weighted by Gasteiger charge is 2.15. The van der Waals surface area contributed by atoms with Gasteiger partial charge in [0.25, 0.3) is 5.91 Å². The first-order valence-electron chi connectivity index (χ1n) is 4.41. The summed E-state index contributed by atoms with van der Waals surface area (Å²) in [7, 11) is 0. The summed E-state index contributed by atoms with van der Waals surface area (Å²) >= 11 is 5.63. The topological polar surface area (TPSA) is 38.3 Å². The molecule has 0 saturated carbocycles. The Balaban J connectivity index is 2.28. The molecular formula is C10H10ClNO2. The van der Waals surface area contributed by atoms with Crippen LogP contribution >= 0.6 is 11.6 Å². The second-order valence-electron chi connectivity index (χ2n) is 3.11. The molecule has 0 aromatic heterocycles. The number of hydrogen-bond acceptors (Lipinski definition) is 2. The van der Waals surface area contributed by atoms with Crippen LogP contribution in [-0.2, 0) is 11.2 Å². The van der Waals surface area contributed by atoms with Crippen LogP contribution in [0.3, 0.4) is 0 Å². The number of benzene rings is 1. The molecule has 1 heterocycles. The summed E-state index contributed by atoms with van der Waals surface area (Å²) in [5.74, 6) is 1.19. The molecule has 0 bridgehead atoms. The minimum absolute atomic E-state index is 0.0991. The van der Waals surface area contributed by atoms with Gasteiger partial charge in [-0.25, -0.2) is 0 Å². The number of ether oxygens (including phenoxy) is 1. The van der Waals surface area contributed by atoms with Crippen molar-refractivity contribution in [2.24, 2.45) is 0 Å². The van der Waals surface area contributed by atoms with Gasteiger partial charge in [-0.05, 0) is 24.1 Å². The van der Waals surface area contributed by atoms with Crippen molar-refractivity contribution in [3.8, 4) is 5.75 Å². The predicted molar refractivity (Wildman–Crippen MR) is 55.0 cm³/mol. The highest BCUT2D eigenvalue weighted by molar-refractivity contribution is 6.18. The Morgan fingerprint density at radius 2 is 2.36 bits per heavy atom. The van der Waals surface area contributed by atoms with E-state index in [-0.39, 0.29) is 12.5 Å². The van der Waals surface area contributed by atoms with Gasteiger partial charge in [0.1, 0.15) is 5.75 Å². The number of carbonyl (C=O) groups excluding carboxylic acids is 1. The third-order valence-corrected chi connectivity index (χ3v) is 2.25. The lowest BCUT2D eigenvalue weighted by atomic mass is 10.1. The van der Waals surface area contributed by atoms with Gasteiger partial charge >= 0.3 is 0 Å². The molecule has 3 nitrogen and oxygen atoms in total. The first kappa shape index (κ1) is 9.34. The van der Waals surface area contributed by atoms with Crippen LogP contribution in [0.4, 0.5) is 5.69 Å². The molecule has 0 unspecified atom stereocenters. The predicted octanol–water partition coefficient (Wildman–Crippen LogP) is 1.80. The molecule has 1 aromatic carbocycles. The SMILES string of the molecule is O=C1COc2ccc(CCCl)cc2N1. The number of anilines is 1. The summed E-state index contributed by atoms with van der Waals surface area (Å²) in [5, 5.41) is 2.75. The molecule has 4 heteroatoms. The summed E-state index contributed by atoms with van der Waals surface area (Å²) in [4.78, 5) is 11.0. The Bertz CT molecular complexity index is 365. The highest BCUT2D eigenvalue weighted by Crippen LogP contribution is 2.28. The zero-order chi connectivity index (χ0) is 9.97. The van der Waals surface area contributed by atoms with Crippen molar-refractivity contribution in [3.63, 3.8) is 0 Å². The molecule has 1 aliphatic heterocycles. The van der Waals surface area contributed by atoms with Gasteiger partial charge in [0, 0.05) is 5.88 Å². The first-order valence-corrected chi connectivity index (χ1v) is 4.94. The fourth-order valence-electron chi connectivity index (χ4n) is 1.39. The van der Waals surface area contributed by atoms with Crippen molar-refractivity contribution < 1.29 is 9.53 Å². The van der Waals surface area contributed by atoms with E-state index < -0.39 is 0 Å². The molecule has 2 rings (SSSR count). The highest BCUT2D eigenvalue weighted by atomic mass is 35.5. The maximum absolute atomic E-state index is 11.0. The van der Waals surface area contributed by atoms with Gasteiger partial charge in [0.2, 0.25) is 0 Å². The summed E-state index contributed by atoms with van der Waals surface area (Å²) in [6, 6.07) is 5.71. The van der Waals surface area contributed by atoms with Gasteiger partial charge in [0.15, 0.2) is 6.61 Å². The zero-order valence-corrected chi connectivity index (χ0v) is 8.30. The molecule has 1 N–H and O–H groups in total. The second kappa shape index (κ2) is 3.88. The molecule has 0 fully saturated rings. The van der Waals surface area contributed by atoms with Crippen molar-refractivity contribution in [1.82, 2.24) is 0 Å². The Hall–Kier alpha value is -1.22. The van der Waals surface area contributed by atoms with Gasteiger partial charge in [0.05, 0.1) is 5.69 Å². The Labute approximate surface area is 87.0 Å². The Morgan fingerprint density at radius 3 is 3.14 bits per heavy atom. The van der Waals surface area contributed by atoms with Crippen molar-refractivity contribution in [3.05, 3.63) is 23.8 Å². The quantitative estimate of drug-likeness (QED) is 0.758. The van der Waals surface area contributed by atoms with E-state index in [0.29, 0.717) is 5.88 Å². The van der Waals surface area contributed by atoms with E-state index in [2.05, 4.69) is 5.32 Å². The lowest BCUT2D eigenvalue weighted by molar-refractivity contribution is -0.118. The van der Waals surface area contributed by atoms with Crippen molar-refractivity contribution in [1.29, 1.82) is 0 Å². The molecule has 14 heavy (non-hydrogen) atoms. The van der Waals surface area contributed by atoms with E-state index in [4.69, 9.17) is 16.3 Å². The zero-order valence-electron chi connectivity index (χ0n) is 7.55. The van der Waals surface area contributed by atoms with E-state index in [1.807, 2.05) is 18.2 Å². The van der Waals surface area contributed by atoms with Crippen LogP contribution in [0.15, 0.2) is 18.2 Å². The number of nitrogens with one attached hydrogen (secondary N) is 1. The summed E-state index contributed by atoms with van der Waals surface area (Å²) in [6.07, 6.45) is 0.796. The average Bonchev–Trinajstić information content (AvgIpc) is 2.17. The smallest absolute Gasteiger partial charge is 0.262 e. The molecule has 0 aliphatic carbocycles. The fraction of sp³-hybridized carbons (Fsp3) is 0.300. The van der Waals surface area contributed by atoms with Crippen LogP contribution in [0, 0.1) is 0 Å². The van der Waals surface area contributed by atoms with Crippen LogP contribution in [0.2, 0.25) is 0 Å². The number of alkyl halides is 1. The van der Waals surface area contributed by atoms with Crippen LogP contribution in [-0.4, -0.2) is 18.4 Å². The summed E-state index contributed by atoms with van der Waals surface area (Å²) in [6.45, 7) is 0.0991. The Morgan fingerprint density at radius 1 is 1.50 bits per heavy atom. The Kier molecular flexibility index (Phi) is 2.59. The minimum Gasteiger partial charge on any atom is -0.482 e. The standard InChI is InChI=1S/C10H10ClNO2/c11-4-3-7-1-2-9-8(5-7)12-10(13)6-14-9/h1-2,5H,3-4,6H2,(H,12,13). The van der Waals surface area contributed by atoms with Crippen LogP contribution < -0.4 is 10.1 Å². The average molecular weight is 212 g/mol. The molecule has 74 valence electrons. The largest absolute Gasteiger partial charge is 0.482 e. The molecule has 1 amide bonds. The van der Waals surface area contributed by atoms with Crippen LogP contribution in [0.25, 0.3) is 0 Å². The third-order valence-electron chi connectivity index (χ3n) is 2.06. The number of carbonyl (C=O) groups is 1. The first-order chi connectivity index (χ1) is 6.79. The number of amides is 1. The monoisotopic (exact) mass is 211 g/mol. The fourth-order valence-corrected chi connectivity index (χ4v) is 1.61. The van der Waals surface area contributed by atoms with E-state index >= 15 is 0 Å². The van der Waals surface area contributed by atoms with Crippen LogP contribution in [0.5, 0.6) is 5.75 Å². The minimum atomic E-state index is -0.111. The maximum atomic E-state index is 11.0. The third kappa shape index (κ3) is 1.82. The molecule has 0 atom stereocenters. The van der Waals surface area contributed by atoms with E-state index in [1.165, 1.54) is 0 Å². The normalized spacial score (nSPS) is 14.2. The van der Waals surface area contributed by atoms with Gasteiger partial charge in [-0.15, -0.1) is 11.6 Å². The van der Waals surface area contributed by atoms with Gasteiger partial charge in [-0.2, -0.15) is 0 Å². The van der Waals surface area contributed by atoms with Gasteiger partial charge in [-0.3, -0.25) is 4.79 Å². The number of aryl methyl sites for hydroxylation is 1. The van der Waals surface area contributed by atoms with Crippen molar-refractivity contribution in [2.45, 2.75) is 6.42 Å². The second-order valence-corrected chi connectivity index (χ2v) is 3.48. The number of halogens is 1. The lowest BCUT2D eigenvalue weighted by Gasteiger charge is -2.18. The number of fused-ring (bicyclic) bond motifs is 1. The molecule has 1 aromatic rings. The molecule has 0 saturated heterocycles.